The third-order valence-electron chi connectivity index (χ3n) is 2.44. The summed E-state index contributed by atoms with van der Waals surface area (Å²) in [7, 11) is 1.64. The Morgan fingerprint density at radius 2 is 1.94 bits per heavy atom. The second kappa shape index (κ2) is 8.03. The molecule has 1 rings (SSSR count). The van der Waals surface area contributed by atoms with Crippen molar-refractivity contribution in [1.29, 1.82) is 0 Å². The van der Waals surface area contributed by atoms with Gasteiger partial charge in [-0.15, -0.1) is 11.8 Å². The Balaban J connectivity index is 2.66. The lowest BCUT2D eigenvalue weighted by Gasteiger charge is -2.14. The maximum absolute atomic E-state index is 11.8. The van der Waals surface area contributed by atoms with Crippen LogP contribution in [0.1, 0.15) is 26.7 Å². The molecule has 0 saturated carbocycles. The molecule has 1 aromatic carbocycles. The van der Waals surface area contributed by atoms with Gasteiger partial charge in [0.05, 0.1) is 13.7 Å². The minimum absolute atomic E-state index is 0.122. The fourth-order valence-electron chi connectivity index (χ4n) is 1.54. The van der Waals surface area contributed by atoms with Crippen LogP contribution in [-0.2, 0) is 9.53 Å². The maximum Gasteiger partial charge on any atom is 0.319 e. The van der Waals surface area contributed by atoms with Gasteiger partial charge in [-0.2, -0.15) is 0 Å². The largest absolute Gasteiger partial charge is 0.497 e. The van der Waals surface area contributed by atoms with Crippen molar-refractivity contribution < 1.29 is 14.3 Å². The van der Waals surface area contributed by atoms with Crippen LogP contribution in [0.5, 0.6) is 5.75 Å². The zero-order chi connectivity index (χ0) is 13.4. The number of benzene rings is 1. The molecule has 1 atom stereocenters. The average molecular weight is 268 g/mol. The van der Waals surface area contributed by atoms with Gasteiger partial charge in [0.15, 0.2) is 0 Å². The Hall–Kier alpha value is -1.16. The molecule has 100 valence electrons. The summed E-state index contributed by atoms with van der Waals surface area (Å²) in [5.74, 6) is 0.697. The van der Waals surface area contributed by atoms with Gasteiger partial charge < -0.3 is 9.47 Å². The lowest BCUT2D eigenvalue weighted by molar-refractivity contribution is -0.142. The first kappa shape index (κ1) is 14.9. The Bertz CT molecular complexity index is 362. The van der Waals surface area contributed by atoms with Crippen LogP contribution in [0.2, 0.25) is 0 Å². The van der Waals surface area contributed by atoms with E-state index in [4.69, 9.17) is 9.47 Å². The average Bonchev–Trinajstić information content (AvgIpc) is 2.39. The minimum atomic E-state index is -0.125. The molecule has 0 bridgehead atoms. The number of hydrogen-bond acceptors (Lipinski definition) is 4. The van der Waals surface area contributed by atoms with Gasteiger partial charge >= 0.3 is 5.97 Å². The summed E-state index contributed by atoms with van der Waals surface area (Å²) < 4.78 is 10.2. The van der Waals surface area contributed by atoms with Crippen LogP contribution in [0.15, 0.2) is 29.2 Å². The summed E-state index contributed by atoms with van der Waals surface area (Å²) in [6.45, 7) is 4.34. The van der Waals surface area contributed by atoms with Gasteiger partial charge in [0, 0.05) is 4.90 Å². The van der Waals surface area contributed by atoms with E-state index in [9.17, 15) is 4.79 Å². The van der Waals surface area contributed by atoms with Crippen molar-refractivity contribution in [2.45, 2.75) is 36.8 Å². The highest BCUT2D eigenvalue weighted by molar-refractivity contribution is 8.00. The fraction of sp³-hybridized carbons (Fsp3) is 0.500. The van der Waals surface area contributed by atoms with Gasteiger partial charge in [0.1, 0.15) is 11.0 Å². The van der Waals surface area contributed by atoms with Crippen molar-refractivity contribution in [3.05, 3.63) is 24.3 Å². The van der Waals surface area contributed by atoms with E-state index in [1.165, 1.54) is 0 Å². The summed E-state index contributed by atoms with van der Waals surface area (Å²) in [6, 6.07) is 7.73. The third-order valence-corrected chi connectivity index (χ3v) is 3.70. The van der Waals surface area contributed by atoms with Gasteiger partial charge in [0.2, 0.25) is 0 Å². The number of thioether (sulfide) groups is 1. The van der Waals surface area contributed by atoms with E-state index < -0.39 is 0 Å². The Kier molecular flexibility index (Phi) is 6.65. The molecule has 0 N–H and O–H groups in total. The van der Waals surface area contributed by atoms with E-state index in [0.717, 1.165) is 23.5 Å². The van der Waals surface area contributed by atoms with Crippen LogP contribution >= 0.6 is 11.8 Å². The molecule has 18 heavy (non-hydrogen) atoms. The summed E-state index contributed by atoms with van der Waals surface area (Å²) in [6.07, 6.45) is 1.79. The van der Waals surface area contributed by atoms with E-state index in [2.05, 4.69) is 6.92 Å². The number of carbonyl (C=O) groups is 1. The normalized spacial score (nSPS) is 11.9. The Labute approximate surface area is 113 Å². The number of methoxy groups -OCH3 is 1. The van der Waals surface area contributed by atoms with E-state index in [1.54, 1.807) is 18.9 Å². The van der Waals surface area contributed by atoms with Crippen molar-refractivity contribution in [3.63, 3.8) is 0 Å². The van der Waals surface area contributed by atoms with Crippen LogP contribution in [-0.4, -0.2) is 24.9 Å². The van der Waals surface area contributed by atoms with E-state index >= 15 is 0 Å². The van der Waals surface area contributed by atoms with Crippen LogP contribution in [0.4, 0.5) is 0 Å². The molecule has 0 heterocycles. The summed E-state index contributed by atoms with van der Waals surface area (Å²) in [5.41, 5.74) is 0. The minimum Gasteiger partial charge on any atom is -0.497 e. The highest BCUT2D eigenvalue weighted by Gasteiger charge is 2.20. The molecule has 0 spiro atoms. The molecule has 0 amide bonds. The molecular formula is C14H20O3S. The van der Waals surface area contributed by atoms with Crippen LogP contribution in [0, 0.1) is 0 Å². The molecule has 0 fully saturated rings. The Morgan fingerprint density at radius 3 is 2.44 bits per heavy atom. The highest BCUT2D eigenvalue weighted by atomic mass is 32.2. The van der Waals surface area contributed by atoms with Crippen molar-refractivity contribution in [2.75, 3.05) is 13.7 Å². The van der Waals surface area contributed by atoms with Crippen LogP contribution < -0.4 is 4.74 Å². The fourth-order valence-corrected chi connectivity index (χ4v) is 2.68. The zero-order valence-corrected chi connectivity index (χ0v) is 12.0. The predicted octanol–water partition coefficient (Wildman–Crippen LogP) is 3.52. The van der Waals surface area contributed by atoms with Gasteiger partial charge in [0.25, 0.3) is 0 Å². The number of hydrogen-bond donors (Lipinski definition) is 0. The quantitative estimate of drug-likeness (QED) is 0.560. The molecule has 0 saturated heterocycles. The molecule has 0 radical (unpaired) electrons. The molecule has 0 aliphatic carbocycles. The number of carbonyl (C=O) groups excluding carboxylic acids is 1. The maximum atomic E-state index is 11.8. The molecule has 0 aliphatic heterocycles. The van der Waals surface area contributed by atoms with Gasteiger partial charge in [-0.3, -0.25) is 4.79 Å². The lowest BCUT2D eigenvalue weighted by atomic mass is 10.2. The summed E-state index contributed by atoms with van der Waals surface area (Å²) in [4.78, 5) is 12.9. The number of esters is 1. The molecule has 1 aromatic rings. The SMILES string of the molecule is CCCC(Sc1ccc(OC)cc1)C(=O)OCC. The smallest absolute Gasteiger partial charge is 0.319 e. The van der Waals surface area contributed by atoms with Crippen LogP contribution in [0.3, 0.4) is 0 Å². The zero-order valence-electron chi connectivity index (χ0n) is 11.1. The van der Waals surface area contributed by atoms with Crippen molar-refractivity contribution >= 4 is 17.7 Å². The number of rotatable bonds is 7. The third kappa shape index (κ3) is 4.61. The predicted molar refractivity (Wildman–Crippen MR) is 74.2 cm³/mol. The highest BCUT2D eigenvalue weighted by Crippen LogP contribution is 2.28. The second-order valence-electron chi connectivity index (χ2n) is 3.82. The first-order chi connectivity index (χ1) is 8.71. The standard InChI is InChI=1S/C14H20O3S/c1-4-6-13(14(15)17-5-2)18-12-9-7-11(16-3)8-10-12/h7-10,13H,4-6H2,1-3H3. The molecule has 0 aromatic heterocycles. The van der Waals surface area contributed by atoms with E-state index in [1.807, 2.05) is 31.2 Å². The van der Waals surface area contributed by atoms with Crippen molar-refractivity contribution in [3.8, 4) is 5.75 Å². The van der Waals surface area contributed by atoms with E-state index in [0.29, 0.717) is 6.61 Å². The van der Waals surface area contributed by atoms with Gasteiger partial charge in [-0.1, -0.05) is 13.3 Å². The molecular weight excluding hydrogens is 248 g/mol. The topological polar surface area (TPSA) is 35.5 Å². The molecule has 1 unspecified atom stereocenters. The molecule has 3 nitrogen and oxygen atoms in total. The summed E-state index contributed by atoms with van der Waals surface area (Å²) >= 11 is 1.55. The van der Waals surface area contributed by atoms with Crippen LogP contribution in [0.25, 0.3) is 0 Å². The van der Waals surface area contributed by atoms with E-state index in [-0.39, 0.29) is 11.2 Å². The Morgan fingerprint density at radius 1 is 1.28 bits per heavy atom. The lowest BCUT2D eigenvalue weighted by Crippen LogP contribution is -2.20. The van der Waals surface area contributed by atoms with Crippen molar-refractivity contribution in [2.24, 2.45) is 0 Å². The number of ether oxygens (including phenoxy) is 2. The first-order valence-electron chi connectivity index (χ1n) is 6.18. The molecule has 0 aliphatic rings. The second-order valence-corrected chi connectivity index (χ2v) is 5.10. The van der Waals surface area contributed by atoms with Gasteiger partial charge in [-0.05, 0) is 37.6 Å². The summed E-state index contributed by atoms with van der Waals surface area (Å²) in [5, 5.41) is -0.122. The van der Waals surface area contributed by atoms with Crippen molar-refractivity contribution in [1.82, 2.24) is 0 Å². The first-order valence-corrected chi connectivity index (χ1v) is 7.06. The van der Waals surface area contributed by atoms with Gasteiger partial charge in [-0.25, -0.2) is 0 Å². The monoisotopic (exact) mass is 268 g/mol. The molecule has 4 heteroatoms.